The molecule has 0 radical (unpaired) electrons. The van der Waals surface area contributed by atoms with Gasteiger partial charge < -0.3 is 0 Å². The lowest BCUT2D eigenvalue weighted by Crippen LogP contribution is -1.73. The van der Waals surface area contributed by atoms with Crippen LogP contribution in [-0.4, -0.2) is 4.98 Å². The summed E-state index contributed by atoms with van der Waals surface area (Å²) < 4.78 is 1.30. The van der Waals surface area contributed by atoms with Gasteiger partial charge in [0.15, 0.2) is 0 Å². The Morgan fingerprint density at radius 1 is 1.33 bits per heavy atom. The quantitative estimate of drug-likeness (QED) is 0.733. The standard InChI is InChI=1S/C9H9NS.HI/c1-2-9-10-7-5-3-4-6-8(7)11-9;/h3-6H,2H2,1H3;1H. The van der Waals surface area contributed by atoms with Crippen LogP contribution < -0.4 is 0 Å². The number of nitrogens with zero attached hydrogens (tertiary/aromatic N) is 1. The topological polar surface area (TPSA) is 12.9 Å². The molecule has 2 aromatic rings. The second kappa shape index (κ2) is 4.18. The third-order valence-electron chi connectivity index (χ3n) is 1.64. The highest BCUT2D eigenvalue weighted by molar-refractivity contribution is 14.0. The van der Waals surface area contributed by atoms with Gasteiger partial charge in [-0.3, -0.25) is 0 Å². The van der Waals surface area contributed by atoms with Crippen molar-refractivity contribution < 1.29 is 0 Å². The van der Waals surface area contributed by atoms with Crippen LogP contribution in [0.2, 0.25) is 0 Å². The van der Waals surface area contributed by atoms with Crippen molar-refractivity contribution in [3.05, 3.63) is 29.3 Å². The zero-order valence-electron chi connectivity index (χ0n) is 6.78. The van der Waals surface area contributed by atoms with Crippen LogP contribution in [0.15, 0.2) is 24.3 Å². The highest BCUT2D eigenvalue weighted by Gasteiger charge is 1.98. The third-order valence-corrected chi connectivity index (χ3v) is 2.82. The lowest BCUT2D eigenvalue weighted by atomic mass is 10.3. The van der Waals surface area contributed by atoms with E-state index in [1.54, 1.807) is 11.3 Å². The lowest BCUT2D eigenvalue weighted by Gasteiger charge is -1.80. The minimum atomic E-state index is 0. The molecule has 2 rings (SSSR count). The Labute approximate surface area is 92.8 Å². The molecule has 0 saturated carbocycles. The molecule has 1 aromatic heterocycles. The van der Waals surface area contributed by atoms with E-state index in [9.17, 15) is 0 Å². The Hall–Kier alpha value is -0.160. The number of aryl methyl sites for hydroxylation is 1. The first kappa shape index (κ1) is 9.92. The molecule has 0 amide bonds. The molecule has 0 aliphatic carbocycles. The molecule has 0 aliphatic rings. The van der Waals surface area contributed by atoms with Crippen LogP contribution in [0.3, 0.4) is 0 Å². The van der Waals surface area contributed by atoms with Gasteiger partial charge in [0.25, 0.3) is 0 Å². The number of fused-ring (bicyclic) bond motifs is 1. The van der Waals surface area contributed by atoms with Crippen LogP contribution in [0, 0.1) is 0 Å². The van der Waals surface area contributed by atoms with Gasteiger partial charge in [-0.1, -0.05) is 19.1 Å². The minimum absolute atomic E-state index is 0. The van der Waals surface area contributed by atoms with Gasteiger partial charge in [-0.2, -0.15) is 0 Å². The fourth-order valence-corrected chi connectivity index (χ4v) is 1.98. The zero-order chi connectivity index (χ0) is 7.68. The predicted octanol–water partition coefficient (Wildman–Crippen LogP) is 3.48. The molecular weight excluding hydrogens is 281 g/mol. The van der Waals surface area contributed by atoms with Gasteiger partial charge >= 0.3 is 0 Å². The average molecular weight is 291 g/mol. The molecule has 0 spiro atoms. The van der Waals surface area contributed by atoms with Crippen LogP contribution >= 0.6 is 35.3 Å². The molecule has 0 bridgehead atoms. The fraction of sp³-hybridized carbons (Fsp3) is 0.222. The van der Waals surface area contributed by atoms with Crippen molar-refractivity contribution in [3.8, 4) is 0 Å². The van der Waals surface area contributed by atoms with Gasteiger partial charge in [-0.25, -0.2) is 4.98 Å². The summed E-state index contributed by atoms with van der Waals surface area (Å²) in [6, 6.07) is 8.26. The molecule has 0 atom stereocenters. The SMILES string of the molecule is CCc1nc2ccccc2s1.I. The summed E-state index contributed by atoms with van der Waals surface area (Å²) in [6.07, 6.45) is 1.04. The largest absolute Gasteiger partial charge is 0.241 e. The van der Waals surface area contributed by atoms with Crippen LogP contribution in [0.1, 0.15) is 11.9 Å². The zero-order valence-corrected chi connectivity index (χ0v) is 9.93. The number of thiazole rings is 1. The number of benzene rings is 1. The van der Waals surface area contributed by atoms with E-state index in [1.165, 1.54) is 9.71 Å². The van der Waals surface area contributed by atoms with Gasteiger partial charge in [-0.05, 0) is 18.6 Å². The molecule has 1 heterocycles. The summed E-state index contributed by atoms with van der Waals surface area (Å²) in [6.45, 7) is 2.14. The summed E-state index contributed by atoms with van der Waals surface area (Å²) in [5, 5.41) is 1.23. The summed E-state index contributed by atoms with van der Waals surface area (Å²) in [4.78, 5) is 4.45. The highest BCUT2D eigenvalue weighted by Crippen LogP contribution is 2.21. The van der Waals surface area contributed by atoms with E-state index in [0.29, 0.717) is 0 Å². The number of halogens is 1. The maximum Gasteiger partial charge on any atom is 0.0935 e. The van der Waals surface area contributed by atoms with Gasteiger partial charge in [0.1, 0.15) is 0 Å². The van der Waals surface area contributed by atoms with Crippen molar-refractivity contribution in [1.29, 1.82) is 0 Å². The van der Waals surface area contributed by atoms with E-state index in [2.05, 4.69) is 30.1 Å². The Balaban J connectivity index is 0.000000720. The van der Waals surface area contributed by atoms with Gasteiger partial charge in [-0.15, -0.1) is 35.3 Å². The van der Waals surface area contributed by atoms with Crippen molar-refractivity contribution in [1.82, 2.24) is 4.98 Å². The third kappa shape index (κ3) is 1.77. The summed E-state index contributed by atoms with van der Waals surface area (Å²) >= 11 is 1.79. The van der Waals surface area contributed by atoms with Crippen molar-refractivity contribution >= 4 is 45.5 Å². The second-order valence-corrected chi connectivity index (χ2v) is 3.54. The van der Waals surface area contributed by atoms with E-state index < -0.39 is 0 Å². The normalized spacial score (nSPS) is 9.75. The smallest absolute Gasteiger partial charge is 0.0935 e. The molecule has 0 saturated heterocycles. The van der Waals surface area contributed by atoms with E-state index in [0.717, 1.165) is 11.9 Å². The lowest BCUT2D eigenvalue weighted by molar-refractivity contribution is 1.11. The maximum absolute atomic E-state index is 4.45. The summed E-state index contributed by atoms with van der Waals surface area (Å²) in [5.41, 5.74) is 1.13. The molecule has 0 fully saturated rings. The number of rotatable bonds is 1. The van der Waals surface area contributed by atoms with Crippen LogP contribution in [-0.2, 0) is 6.42 Å². The Morgan fingerprint density at radius 2 is 2.08 bits per heavy atom. The first-order valence-electron chi connectivity index (χ1n) is 3.74. The average Bonchev–Trinajstić information content (AvgIpc) is 2.46. The van der Waals surface area contributed by atoms with Crippen molar-refractivity contribution in [2.45, 2.75) is 13.3 Å². The molecule has 0 N–H and O–H groups in total. The Morgan fingerprint density at radius 3 is 2.75 bits per heavy atom. The van der Waals surface area contributed by atoms with E-state index in [-0.39, 0.29) is 24.0 Å². The van der Waals surface area contributed by atoms with Crippen LogP contribution in [0.5, 0.6) is 0 Å². The first-order valence-corrected chi connectivity index (χ1v) is 4.56. The van der Waals surface area contributed by atoms with E-state index in [1.807, 2.05) is 6.07 Å². The number of hydrogen-bond donors (Lipinski definition) is 0. The maximum atomic E-state index is 4.45. The molecule has 3 heteroatoms. The van der Waals surface area contributed by atoms with Crippen LogP contribution in [0.4, 0.5) is 0 Å². The van der Waals surface area contributed by atoms with Gasteiger partial charge in [0, 0.05) is 0 Å². The summed E-state index contributed by atoms with van der Waals surface area (Å²) in [5.74, 6) is 0. The molecule has 1 aromatic carbocycles. The molecular formula is C9H10INS. The van der Waals surface area contributed by atoms with Crippen molar-refractivity contribution in [2.24, 2.45) is 0 Å². The number of aromatic nitrogens is 1. The van der Waals surface area contributed by atoms with Crippen LogP contribution in [0.25, 0.3) is 10.2 Å². The molecule has 1 nitrogen and oxygen atoms in total. The first-order chi connectivity index (χ1) is 5.40. The van der Waals surface area contributed by atoms with Crippen molar-refractivity contribution in [3.63, 3.8) is 0 Å². The molecule has 0 unspecified atom stereocenters. The summed E-state index contributed by atoms with van der Waals surface area (Å²) in [7, 11) is 0. The Bertz CT molecular complexity index is 336. The van der Waals surface area contributed by atoms with Gasteiger partial charge in [0.2, 0.25) is 0 Å². The highest BCUT2D eigenvalue weighted by atomic mass is 127. The fourth-order valence-electron chi connectivity index (χ4n) is 1.07. The number of para-hydroxylation sites is 1. The molecule has 64 valence electrons. The van der Waals surface area contributed by atoms with E-state index in [4.69, 9.17) is 0 Å². The second-order valence-electron chi connectivity index (χ2n) is 2.43. The number of hydrogen-bond acceptors (Lipinski definition) is 2. The van der Waals surface area contributed by atoms with Gasteiger partial charge in [0.05, 0.1) is 15.2 Å². The Kier molecular flexibility index (Phi) is 3.46. The minimum Gasteiger partial charge on any atom is -0.241 e. The molecule has 12 heavy (non-hydrogen) atoms. The monoisotopic (exact) mass is 291 g/mol. The predicted molar refractivity (Wildman–Crippen MR) is 64.4 cm³/mol. The van der Waals surface area contributed by atoms with Crippen molar-refractivity contribution in [2.75, 3.05) is 0 Å². The molecule has 0 aliphatic heterocycles. The van der Waals surface area contributed by atoms with E-state index >= 15 is 0 Å².